The molecule has 1 aromatic carbocycles. The molecule has 34 heavy (non-hydrogen) atoms. The van der Waals surface area contributed by atoms with Crippen LogP contribution in [0.4, 0.5) is 8.78 Å². The third kappa shape index (κ3) is 6.85. The average Bonchev–Trinajstić information content (AvgIpc) is 3.12. The minimum Gasteiger partial charge on any atom is -0.461 e. The molecule has 1 aliphatic heterocycles. The maximum absolute atomic E-state index is 14.6. The van der Waals surface area contributed by atoms with Gasteiger partial charge in [-0.25, -0.2) is 8.78 Å². The third-order valence-electron chi connectivity index (χ3n) is 7.28. The van der Waals surface area contributed by atoms with Gasteiger partial charge in [0.2, 0.25) is 5.79 Å². The third-order valence-corrected chi connectivity index (χ3v) is 7.28. The first-order valence-corrected chi connectivity index (χ1v) is 12.8. The topological polar surface area (TPSA) is 72.8 Å². The molecular weight excluding hydrogens is 442 g/mol. The summed E-state index contributed by atoms with van der Waals surface area (Å²) >= 11 is 0. The molecule has 0 amide bonds. The number of aliphatic hydroxyl groups is 1. The molecule has 3 rings (SSSR count). The Hall–Kier alpha value is -1.86. The predicted octanol–water partition coefficient (Wildman–Crippen LogP) is 5.97. The van der Waals surface area contributed by atoms with Crippen LogP contribution >= 0.6 is 0 Å². The quantitative estimate of drug-likeness (QED) is 0.278. The number of halogens is 2. The zero-order valence-corrected chi connectivity index (χ0v) is 20.1. The standard InChI is InChI=1S/C27H38F2O5/c1-2-3-16-26(28,29)27(32)17-15-22-21(23(30)18-24(22)34-27)13-9-4-5-10-14-25(31)33-19-20-11-7-6-8-12-20/h6-8,11-12,21-22,24,32H,2-5,9-10,13-19H2,1H3/t21-,22-,24-,27-/m1/s1. The Kier molecular flexibility index (Phi) is 9.60. The minimum absolute atomic E-state index is 0.0561. The van der Waals surface area contributed by atoms with Crippen LogP contribution in [0.1, 0.15) is 89.5 Å². The van der Waals surface area contributed by atoms with Crippen LogP contribution in [0.25, 0.3) is 0 Å². The maximum atomic E-state index is 14.6. The molecular formula is C27H38F2O5. The van der Waals surface area contributed by atoms with E-state index in [1.165, 1.54) is 0 Å². The summed E-state index contributed by atoms with van der Waals surface area (Å²) < 4.78 is 39.9. The van der Waals surface area contributed by atoms with E-state index >= 15 is 0 Å². The lowest BCUT2D eigenvalue weighted by Gasteiger charge is -2.43. The van der Waals surface area contributed by atoms with Crippen LogP contribution in [-0.4, -0.2) is 34.7 Å². The van der Waals surface area contributed by atoms with Crippen LogP contribution < -0.4 is 0 Å². The van der Waals surface area contributed by atoms with E-state index in [9.17, 15) is 23.5 Å². The van der Waals surface area contributed by atoms with Crippen molar-refractivity contribution >= 4 is 11.8 Å². The summed E-state index contributed by atoms with van der Waals surface area (Å²) in [5, 5.41) is 10.5. The number of rotatable bonds is 13. The molecule has 1 heterocycles. The summed E-state index contributed by atoms with van der Waals surface area (Å²) in [5.41, 5.74) is 0.963. The van der Waals surface area contributed by atoms with Crippen LogP contribution in [-0.2, 0) is 25.7 Å². The molecule has 1 N–H and O–H groups in total. The van der Waals surface area contributed by atoms with Crippen molar-refractivity contribution in [1.29, 1.82) is 0 Å². The molecule has 0 aromatic heterocycles. The van der Waals surface area contributed by atoms with Gasteiger partial charge in [-0.2, -0.15) is 0 Å². The van der Waals surface area contributed by atoms with Crippen molar-refractivity contribution in [1.82, 2.24) is 0 Å². The first kappa shape index (κ1) is 26.7. The van der Waals surface area contributed by atoms with E-state index in [0.29, 0.717) is 32.1 Å². The second-order valence-corrected chi connectivity index (χ2v) is 9.83. The van der Waals surface area contributed by atoms with E-state index in [1.807, 2.05) is 37.3 Å². The number of carbonyl (C=O) groups is 2. The highest BCUT2D eigenvalue weighted by molar-refractivity contribution is 5.84. The van der Waals surface area contributed by atoms with Gasteiger partial charge < -0.3 is 14.6 Å². The molecule has 2 aliphatic rings. The Labute approximate surface area is 201 Å². The lowest BCUT2D eigenvalue weighted by atomic mass is 9.81. The number of Topliss-reactive ketones (excluding diaryl/α,β-unsaturated/α-hetero) is 1. The van der Waals surface area contributed by atoms with Crippen molar-refractivity contribution in [3.63, 3.8) is 0 Å². The first-order valence-electron chi connectivity index (χ1n) is 12.8. The summed E-state index contributed by atoms with van der Waals surface area (Å²) in [6, 6.07) is 9.56. The van der Waals surface area contributed by atoms with Gasteiger partial charge in [0.05, 0.1) is 6.10 Å². The molecule has 190 valence electrons. The fraction of sp³-hybridized carbons (Fsp3) is 0.704. The fourth-order valence-corrected chi connectivity index (χ4v) is 5.22. The zero-order chi connectivity index (χ0) is 24.6. The summed E-state index contributed by atoms with van der Waals surface area (Å²) in [5.74, 6) is -6.21. The molecule has 1 aromatic rings. The smallest absolute Gasteiger partial charge is 0.306 e. The Morgan fingerprint density at radius 3 is 2.65 bits per heavy atom. The monoisotopic (exact) mass is 480 g/mol. The fourth-order valence-electron chi connectivity index (χ4n) is 5.22. The van der Waals surface area contributed by atoms with Gasteiger partial charge in [-0.15, -0.1) is 0 Å². The van der Waals surface area contributed by atoms with E-state index in [1.54, 1.807) is 0 Å². The second kappa shape index (κ2) is 12.2. The van der Waals surface area contributed by atoms with Crippen LogP contribution in [0.5, 0.6) is 0 Å². The number of ketones is 1. The normalized spacial score (nSPS) is 26.9. The molecule has 5 nitrogen and oxygen atoms in total. The molecule has 7 heteroatoms. The van der Waals surface area contributed by atoms with Crippen LogP contribution in [0, 0.1) is 11.8 Å². The van der Waals surface area contributed by atoms with Crippen molar-refractivity contribution in [2.75, 3.05) is 0 Å². The highest BCUT2D eigenvalue weighted by Gasteiger charge is 2.59. The van der Waals surface area contributed by atoms with Crippen molar-refractivity contribution < 1.29 is 33.0 Å². The largest absolute Gasteiger partial charge is 0.461 e. The van der Waals surface area contributed by atoms with E-state index in [4.69, 9.17) is 9.47 Å². The van der Waals surface area contributed by atoms with Crippen molar-refractivity contribution in [2.24, 2.45) is 11.8 Å². The minimum atomic E-state index is -3.31. The van der Waals surface area contributed by atoms with Gasteiger partial charge in [0, 0.05) is 31.6 Å². The second-order valence-electron chi connectivity index (χ2n) is 9.83. The summed E-state index contributed by atoms with van der Waals surface area (Å²) in [7, 11) is 0. The molecule has 1 saturated carbocycles. The first-order chi connectivity index (χ1) is 16.3. The molecule has 0 unspecified atom stereocenters. The Morgan fingerprint density at radius 2 is 1.91 bits per heavy atom. The molecule has 0 spiro atoms. The van der Waals surface area contributed by atoms with Gasteiger partial charge in [0.1, 0.15) is 12.4 Å². The Morgan fingerprint density at radius 1 is 1.18 bits per heavy atom. The SMILES string of the molecule is CCCCC(F)(F)[C@@]1(O)CC[C@H]2[C@@H](CC(=O)[C@@H]2CCCCCCC(=O)OCc2ccccc2)O1. The molecule has 1 aliphatic carbocycles. The number of carbonyl (C=O) groups excluding carboxylic acids is 2. The highest BCUT2D eigenvalue weighted by atomic mass is 19.3. The van der Waals surface area contributed by atoms with Crippen LogP contribution in [0.3, 0.4) is 0 Å². The van der Waals surface area contributed by atoms with E-state index in [2.05, 4.69) is 0 Å². The molecule has 0 bridgehead atoms. The number of ether oxygens (including phenoxy) is 2. The van der Waals surface area contributed by atoms with Gasteiger partial charge in [-0.3, -0.25) is 9.59 Å². The summed E-state index contributed by atoms with van der Waals surface area (Å²) in [6.07, 6.45) is 4.68. The van der Waals surface area contributed by atoms with Gasteiger partial charge >= 0.3 is 11.9 Å². The van der Waals surface area contributed by atoms with E-state index in [0.717, 1.165) is 31.2 Å². The van der Waals surface area contributed by atoms with Crippen LogP contribution in [0.2, 0.25) is 0 Å². The van der Waals surface area contributed by atoms with Gasteiger partial charge in [-0.05, 0) is 37.2 Å². The number of hydrogen-bond donors (Lipinski definition) is 1. The highest BCUT2D eigenvalue weighted by Crippen LogP contribution is 2.49. The van der Waals surface area contributed by atoms with Gasteiger partial charge in [-0.1, -0.05) is 62.9 Å². The number of benzene rings is 1. The lowest BCUT2D eigenvalue weighted by Crippen LogP contribution is -2.55. The number of unbranched alkanes of at least 4 members (excludes halogenated alkanes) is 4. The van der Waals surface area contributed by atoms with Gasteiger partial charge in [0.15, 0.2) is 0 Å². The Balaban J connectivity index is 1.34. The maximum Gasteiger partial charge on any atom is 0.306 e. The molecule has 2 fully saturated rings. The summed E-state index contributed by atoms with van der Waals surface area (Å²) in [4.78, 5) is 24.4. The van der Waals surface area contributed by atoms with E-state index in [-0.39, 0.29) is 43.0 Å². The van der Waals surface area contributed by atoms with Crippen molar-refractivity contribution in [3.8, 4) is 0 Å². The zero-order valence-electron chi connectivity index (χ0n) is 20.1. The number of alkyl halides is 2. The number of hydrogen-bond acceptors (Lipinski definition) is 5. The lowest BCUT2D eigenvalue weighted by molar-refractivity contribution is -0.356. The van der Waals surface area contributed by atoms with E-state index < -0.39 is 24.2 Å². The van der Waals surface area contributed by atoms with Gasteiger partial charge in [0.25, 0.3) is 0 Å². The average molecular weight is 481 g/mol. The van der Waals surface area contributed by atoms with Crippen molar-refractivity contribution in [3.05, 3.63) is 35.9 Å². The number of esters is 1. The Bertz CT molecular complexity index is 799. The predicted molar refractivity (Wildman–Crippen MR) is 124 cm³/mol. The number of fused-ring (bicyclic) bond motifs is 1. The molecule has 4 atom stereocenters. The molecule has 0 radical (unpaired) electrons. The molecule has 1 saturated heterocycles. The summed E-state index contributed by atoms with van der Waals surface area (Å²) in [6.45, 7) is 2.11. The van der Waals surface area contributed by atoms with Crippen LogP contribution in [0.15, 0.2) is 30.3 Å². The van der Waals surface area contributed by atoms with Crippen molar-refractivity contribution in [2.45, 2.75) is 108 Å².